The molecule has 120 valence electrons. The second-order valence-electron chi connectivity index (χ2n) is 5.14. The van der Waals surface area contributed by atoms with Gasteiger partial charge in [-0.25, -0.2) is 4.98 Å². The zero-order valence-electron chi connectivity index (χ0n) is 12.8. The predicted molar refractivity (Wildman–Crippen MR) is 83.6 cm³/mol. The largest absolute Gasteiger partial charge is 0.491 e. The summed E-state index contributed by atoms with van der Waals surface area (Å²) in [6, 6.07) is 10.3. The molecule has 0 bridgehead atoms. The third-order valence-corrected chi connectivity index (χ3v) is 3.87. The second kappa shape index (κ2) is 6.66. The van der Waals surface area contributed by atoms with Gasteiger partial charge in [0.15, 0.2) is 0 Å². The fourth-order valence-corrected chi connectivity index (χ4v) is 2.78. The number of rotatable bonds is 3. The number of hydrogen-bond donors (Lipinski definition) is 1. The minimum Gasteiger partial charge on any atom is -0.491 e. The van der Waals surface area contributed by atoms with Crippen molar-refractivity contribution >= 4 is 5.91 Å². The van der Waals surface area contributed by atoms with Crippen molar-refractivity contribution in [2.45, 2.75) is 6.04 Å². The Labute approximate surface area is 134 Å². The molecule has 0 saturated carbocycles. The zero-order chi connectivity index (χ0) is 16.2. The van der Waals surface area contributed by atoms with Crippen LogP contribution in [0.4, 0.5) is 0 Å². The lowest BCUT2D eigenvalue weighted by Gasteiger charge is -2.28. The summed E-state index contributed by atoms with van der Waals surface area (Å²) in [4.78, 5) is 18.6. The minimum atomic E-state index is -0.467. The number of aliphatic hydroxyl groups is 1. The molecule has 6 heteroatoms. The molecule has 0 radical (unpaired) electrons. The molecule has 1 aromatic heterocycles. The van der Waals surface area contributed by atoms with Crippen LogP contribution in [0.3, 0.4) is 0 Å². The Balaban J connectivity index is 1.99. The topological polar surface area (TPSA) is 71.9 Å². The third kappa shape index (κ3) is 2.85. The lowest BCUT2D eigenvalue weighted by molar-refractivity contribution is 0.0581. The number of amides is 1. The average molecular weight is 314 g/mol. The molecule has 1 amide bonds. The van der Waals surface area contributed by atoms with Crippen LogP contribution in [0.15, 0.2) is 42.6 Å². The molecule has 0 spiro atoms. The lowest BCUT2D eigenvalue weighted by atomic mass is 10.0. The third-order valence-electron chi connectivity index (χ3n) is 3.87. The number of para-hydroxylation sites is 1. The summed E-state index contributed by atoms with van der Waals surface area (Å²) < 4.78 is 10.9. The number of ether oxygens (including phenoxy) is 2. The number of fused-ring (bicyclic) bond motifs is 1. The number of methoxy groups -OCH3 is 1. The van der Waals surface area contributed by atoms with Gasteiger partial charge in [0.1, 0.15) is 17.9 Å². The van der Waals surface area contributed by atoms with Crippen LogP contribution in [0.2, 0.25) is 0 Å². The van der Waals surface area contributed by atoms with E-state index in [0.717, 1.165) is 5.56 Å². The summed E-state index contributed by atoms with van der Waals surface area (Å²) in [5, 5.41) is 9.86. The maximum Gasteiger partial charge on any atom is 0.260 e. The molecule has 23 heavy (non-hydrogen) atoms. The first-order valence-electron chi connectivity index (χ1n) is 7.38. The van der Waals surface area contributed by atoms with Crippen LogP contribution in [-0.2, 0) is 0 Å². The van der Waals surface area contributed by atoms with Gasteiger partial charge in [0, 0.05) is 11.8 Å². The SMILES string of the molecule is COc1ncccc1C(=O)N1CCOc2ccccc2C1CO. The van der Waals surface area contributed by atoms with Crippen molar-refractivity contribution in [2.24, 2.45) is 0 Å². The van der Waals surface area contributed by atoms with Gasteiger partial charge in [0.2, 0.25) is 5.88 Å². The molecule has 1 aromatic carbocycles. The van der Waals surface area contributed by atoms with E-state index >= 15 is 0 Å². The summed E-state index contributed by atoms with van der Waals surface area (Å²) >= 11 is 0. The minimum absolute atomic E-state index is 0.186. The Morgan fingerprint density at radius 2 is 2.22 bits per heavy atom. The van der Waals surface area contributed by atoms with E-state index in [1.165, 1.54) is 7.11 Å². The normalized spacial score (nSPS) is 17.0. The van der Waals surface area contributed by atoms with Crippen LogP contribution in [0.5, 0.6) is 11.6 Å². The van der Waals surface area contributed by atoms with Gasteiger partial charge in [-0.2, -0.15) is 0 Å². The highest BCUT2D eigenvalue weighted by Gasteiger charge is 2.31. The van der Waals surface area contributed by atoms with Crippen molar-refractivity contribution in [3.8, 4) is 11.6 Å². The van der Waals surface area contributed by atoms with Crippen molar-refractivity contribution in [1.29, 1.82) is 0 Å². The number of carbonyl (C=O) groups excluding carboxylic acids is 1. The number of carbonyl (C=O) groups is 1. The first-order valence-corrected chi connectivity index (χ1v) is 7.38. The first-order chi connectivity index (χ1) is 11.3. The zero-order valence-corrected chi connectivity index (χ0v) is 12.8. The lowest BCUT2D eigenvalue weighted by Crippen LogP contribution is -2.38. The van der Waals surface area contributed by atoms with Crippen LogP contribution < -0.4 is 9.47 Å². The fourth-order valence-electron chi connectivity index (χ4n) is 2.78. The van der Waals surface area contributed by atoms with Gasteiger partial charge in [-0.1, -0.05) is 18.2 Å². The molecule has 1 aliphatic heterocycles. The van der Waals surface area contributed by atoms with Gasteiger partial charge in [0.05, 0.1) is 26.3 Å². The van der Waals surface area contributed by atoms with Crippen molar-refractivity contribution < 1.29 is 19.4 Å². The number of nitrogens with zero attached hydrogens (tertiary/aromatic N) is 2. The van der Waals surface area contributed by atoms with Crippen molar-refractivity contribution in [3.63, 3.8) is 0 Å². The van der Waals surface area contributed by atoms with Gasteiger partial charge in [0.25, 0.3) is 5.91 Å². The fraction of sp³-hybridized carbons (Fsp3) is 0.294. The molecule has 0 saturated heterocycles. The Kier molecular flexibility index (Phi) is 4.43. The van der Waals surface area contributed by atoms with E-state index in [1.807, 2.05) is 24.3 Å². The molecule has 2 aromatic rings. The highest BCUT2D eigenvalue weighted by atomic mass is 16.5. The van der Waals surface area contributed by atoms with Gasteiger partial charge in [-0.05, 0) is 18.2 Å². The average Bonchev–Trinajstić information content (AvgIpc) is 2.80. The van der Waals surface area contributed by atoms with Crippen LogP contribution >= 0.6 is 0 Å². The molecular weight excluding hydrogens is 296 g/mol. The van der Waals surface area contributed by atoms with Crippen molar-refractivity contribution in [2.75, 3.05) is 26.9 Å². The molecular formula is C17H18N2O4. The monoisotopic (exact) mass is 314 g/mol. The Bertz CT molecular complexity index is 704. The van der Waals surface area contributed by atoms with E-state index in [0.29, 0.717) is 24.5 Å². The van der Waals surface area contributed by atoms with Crippen molar-refractivity contribution in [1.82, 2.24) is 9.88 Å². The van der Waals surface area contributed by atoms with Gasteiger partial charge in [-0.15, -0.1) is 0 Å². The number of pyridine rings is 1. The molecule has 1 aliphatic rings. The Morgan fingerprint density at radius 1 is 1.39 bits per heavy atom. The second-order valence-corrected chi connectivity index (χ2v) is 5.14. The highest BCUT2D eigenvalue weighted by molar-refractivity contribution is 5.96. The van der Waals surface area contributed by atoms with Crippen LogP contribution in [0.1, 0.15) is 22.0 Å². The highest BCUT2D eigenvalue weighted by Crippen LogP contribution is 2.33. The molecule has 6 nitrogen and oxygen atoms in total. The predicted octanol–water partition coefficient (Wildman–Crippen LogP) is 1.66. The summed E-state index contributed by atoms with van der Waals surface area (Å²) in [5.41, 5.74) is 1.16. The summed E-state index contributed by atoms with van der Waals surface area (Å²) in [6.45, 7) is 0.549. The summed E-state index contributed by atoms with van der Waals surface area (Å²) in [5.74, 6) is 0.724. The van der Waals surface area contributed by atoms with Gasteiger partial charge >= 0.3 is 0 Å². The number of aromatic nitrogens is 1. The Morgan fingerprint density at radius 3 is 3.00 bits per heavy atom. The Hall–Kier alpha value is -2.60. The molecule has 0 fully saturated rings. The summed E-state index contributed by atoms with van der Waals surface area (Å²) in [7, 11) is 1.48. The first kappa shape index (κ1) is 15.3. The maximum absolute atomic E-state index is 13.0. The molecule has 3 rings (SSSR count). The van der Waals surface area contributed by atoms with E-state index in [2.05, 4.69) is 4.98 Å². The van der Waals surface area contributed by atoms with Crippen molar-refractivity contribution in [3.05, 3.63) is 53.7 Å². The van der Waals surface area contributed by atoms with E-state index in [9.17, 15) is 9.90 Å². The number of benzene rings is 1. The van der Waals surface area contributed by atoms with Crippen LogP contribution in [0.25, 0.3) is 0 Å². The molecule has 1 N–H and O–H groups in total. The quantitative estimate of drug-likeness (QED) is 0.933. The van der Waals surface area contributed by atoms with Crippen LogP contribution in [0, 0.1) is 0 Å². The van der Waals surface area contributed by atoms with E-state index < -0.39 is 6.04 Å². The molecule has 1 unspecified atom stereocenters. The van der Waals surface area contributed by atoms with Crippen LogP contribution in [-0.4, -0.2) is 47.8 Å². The summed E-state index contributed by atoms with van der Waals surface area (Å²) in [6.07, 6.45) is 1.57. The van der Waals surface area contributed by atoms with Gasteiger partial charge < -0.3 is 19.5 Å². The molecule has 2 heterocycles. The van der Waals surface area contributed by atoms with E-state index in [-0.39, 0.29) is 18.4 Å². The van der Waals surface area contributed by atoms with Gasteiger partial charge in [-0.3, -0.25) is 4.79 Å². The molecule has 1 atom stereocenters. The standard InChI is InChI=1S/C17H18N2O4/c1-22-16-13(6-4-8-18-16)17(21)19-9-10-23-15-7-3-2-5-12(15)14(19)11-20/h2-8,14,20H,9-11H2,1H3. The van der Waals surface area contributed by atoms with E-state index in [4.69, 9.17) is 9.47 Å². The molecule has 0 aliphatic carbocycles. The maximum atomic E-state index is 13.0. The smallest absolute Gasteiger partial charge is 0.260 e. The van der Waals surface area contributed by atoms with E-state index in [1.54, 1.807) is 23.2 Å². The number of hydrogen-bond acceptors (Lipinski definition) is 5. The number of aliphatic hydroxyl groups excluding tert-OH is 1.